The Bertz CT molecular complexity index is 753. The van der Waals surface area contributed by atoms with E-state index in [1.165, 1.54) is 4.90 Å². The normalized spacial score (nSPS) is 14.8. The molecule has 1 heterocycles. The Balaban J connectivity index is 1.60. The van der Waals surface area contributed by atoms with E-state index in [0.717, 1.165) is 31.9 Å². The summed E-state index contributed by atoms with van der Waals surface area (Å²) in [7, 11) is 3.72. The lowest BCUT2D eigenvalue weighted by molar-refractivity contribution is -0.134. The highest BCUT2D eigenvalue weighted by atomic mass is 16.2. The van der Waals surface area contributed by atoms with Crippen LogP contribution in [0.15, 0.2) is 54.6 Å². The average molecular weight is 352 g/mol. The van der Waals surface area contributed by atoms with E-state index in [-0.39, 0.29) is 0 Å². The second-order valence-electron chi connectivity index (χ2n) is 6.49. The van der Waals surface area contributed by atoms with Crippen LogP contribution in [0, 0.1) is 0 Å². The highest BCUT2D eigenvalue weighted by molar-refractivity contribution is 6.44. The standard InChI is InChI=1S/C20H24N4O2/c1-22-12-14-24(15-13-22)18-10-8-16(9-11-18)21-19(25)20(26)23(2)17-6-4-3-5-7-17/h3-11H,12-15H2,1-2H3,(H,21,25). The fraction of sp³-hybridized carbons (Fsp3) is 0.300. The Morgan fingerprint density at radius 3 is 2.15 bits per heavy atom. The van der Waals surface area contributed by atoms with E-state index in [1.54, 1.807) is 19.2 Å². The number of hydrogen-bond acceptors (Lipinski definition) is 4. The molecule has 0 aromatic heterocycles. The Morgan fingerprint density at radius 1 is 0.923 bits per heavy atom. The van der Waals surface area contributed by atoms with Gasteiger partial charge in [0.2, 0.25) is 0 Å². The molecule has 1 fully saturated rings. The Kier molecular flexibility index (Phi) is 5.53. The second kappa shape index (κ2) is 8.01. The van der Waals surface area contributed by atoms with E-state index in [9.17, 15) is 9.59 Å². The third kappa shape index (κ3) is 4.21. The van der Waals surface area contributed by atoms with Gasteiger partial charge in [0.15, 0.2) is 0 Å². The molecular formula is C20H24N4O2. The van der Waals surface area contributed by atoms with Crippen molar-refractivity contribution >= 4 is 28.9 Å². The summed E-state index contributed by atoms with van der Waals surface area (Å²) in [4.78, 5) is 30.5. The van der Waals surface area contributed by atoms with Crippen molar-refractivity contribution in [1.82, 2.24) is 4.90 Å². The number of para-hydroxylation sites is 1. The average Bonchev–Trinajstić information content (AvgIpc) is 2.69. The number of nitrogens with zero attached hydrogens (tertiary/aromatic N) is 3. The van der Waals surface area contributed by atoms with Gasteiger partial charge in [0.05, 0.1) is 0 Å². The fourth-order valence-electron chi connectivity index (χ4n) is 2.93. The molecule has 0 aliphatic carbocycles. The van der Waals surface area contributed by atoms with Gasteiger partial charge in [0.25, 0.3) is 0 Å². The highest BCUT2D eigenvalue weighted by Gasteiger charge is 2.20. The molecule has 136 valence electrons. The second-order valence-corrected chi connectivity index (χ2v) is 6.49. The first-order chi connectivity index (χ1) is 12.5. The molecule has 2 aromatic carbocycles. The number of carbonyl (C=O) groups is 2. The van der Waals surface area contributed by atoms with Crippen LogP contribution in [-0.2, 0) is 9.59 Å². The van der Waals surface area contributed by atoms with Gasteiger partial charge in [-0.15, -0.1) is 0 Å². The van der Waals surface area contributed by atoms with Gasteiger partial charge in [-0.3, -0.25) is 9.59 Å². The summed E-state index contributed by atoms with van der Waals surface area (Å²) in [6.45, 7) is 4.06. The summed E-state index contributed by atoms with van der Waals surface area (Å²) in [5.41, 5.74) is 2.42. The molecule has 0 spiro atoms. The topological polar surface area (TPSA) is 55.9 Å². The van der Waals surface area contributed by atoms with E-state index in [2.05, 4.69) is 22.2 Å². The Labute approximate surface area is 154 Å². The number of rotatable bonds is 3. The van der Waals surface area contributed by atoms with E-state index in [0.29, 0.717) is 11.4 Å². The first-order valence-corrected chi connectivity index (χ1v) is 8.72. The lowest BCUT2D eigenvalue weighted by atomic mass is 10.2. The van der Waals surface area contributed by atoms with Gasteiger partial charge in [0.1, 0.15) is 0 Å². The molecule has 1 saturated heterocycles. The van der Waals surface area contributed by atoms with E-state index in [1.807, 2.05) is 42.5 Å². The summed E-state index contributed by atoms with van der Waals surface area (Å²) in [6.07, 6.45) is 0. The fourth-order valence-corrected chi connectivity index (χ4v) is 2.93. The van der Waals surface area contributed by atoms with Crippen molar-refractivity contribution in [1.29, 1.82) is 0 Å². The van der Waals surface area contributed by atoms with Crippen molar-refractivity contribution in [2.24, 2.45) is 0 Å². The third-order valence-electron chi connectivity index (χ3n) is 4.64. The van der Waals surface area contributed by atoms with Crippen LogP contribution in [0.1, 0.15) is 0 Å². The van der Waals surface area contributed by atoms with Gasteiger partial charge in [0, 0.05) is 50.3 Å². The molecule has 0 radical (unpaired) electrons. The maximum atomic E-state index is 12.3. The number of benzene rings is 2. The maximum Gasteiger partial charge on any atom is 0.316 e. The summed E-state index contributed by atoms with van der Waals surface area (Å²) in [6, 6.07) is 16.7. The summed E-state index contributed by atoms with van der Waals surface area (Å²) in [5.74, 6) is -1.25. The number of hydrogen-bond donors (Lipinski definition) is 1. The predicted molar refractivity (Wildman–Crippen MR) is 105 cm³/mol. The summed E-state index contributed by atoms with van der Waals surface area (Å²) >= 11 is 0. The molecular weight excluding hydrogens is 328 g/mol. The molecule has 0 atom stereocenters. The number of amides is 2. The van der Waals surface area contributed by atoms with Gasteiger partial charge < -0.3 is 20.0 Å². The van der Waals surface area contributed by atoms with Crippen LogP contribution in [-0.4, -0.2) is 57.0 Å². The molecule has 6 heteroatoms. The van der Waals surface area contributed by atoms with Crippen LogP contribution in [0.4, 0.5) is 17.1 Å². The molecule has 6 nitrogen and oxygen atoms in total. The van der Waals surface area contributed by atoms with Gasteiger partial charge >= 0.3 is 11.8 Å². The van der Waals surface area contributed by atoms with Crippen LogP contribution in [0.2, 0.25) is 0 Å². The number of likely N-dealkylation sites (N-methyl/N-ethyl adjacent to an activating group) is 2. The van der Waals surface area contributed by atoms with Crippen molar-refractivity contribution in [3.8, 4) is 0 Å². The molecule has 3 rings (SSSR count). The van der Waals surface area contributed by atoms with Crippen LogP contribution in [0.5, 0.6) is 0 Å². The maximum absolute atomic E-state index is 12.3. The van der Waals surface area contributed by atoms with Gasteiger partial charge in [-0.1, -0.05) is 18.2 Å². The van der Waals surface area contributed by atoms with E-state index in [4.69, 9.17) is 0 Å². The lowest BCUT2D eigenvalue weighted by Gasteiger charge is -2.34. The Morgan fingerprint density at radius 2 is 1.54 bits per heavy atom. The zero-order valence-corrected chi connectivity index (χ0v) is 15.2. The van der Waals surface area contributed by atoms with Gasteiger partial charge in [-0.2, -0.15) is 0 Å². The van der Waals surface area contributed by atoms with Gasteiger partial charge in [-0.05, 0) is 43.4 Å². The van der Waals surface area contributed by atoms with Crippen LogP contribution in [0.3, 0.4) is 0 Å². The number of carbonyl (C=O) groups excluding carboxylic acids is 2. The first-order valence-electron chi connectivity index (χ1n) is 8.72. The number of nitrogens with one attached hydrogen (secondary N) is 1. The largest absolute Gasteiger partial charge is 0.369 e. The zero-order valence-electron chi connectivity index (χ0n) is 15.2. The highest BCUT2D eigenvalue weighted by Crippen LogP contribution is 2.19. The van der Waals surface area contributed by atoms with Crippen molar-refractivity contribution in [2.45, 2.75) is 0 Å². The molecule has 26 heavy (non-hydrogen) atoms. The monoisotopic (exact) mass is 352 g/mol. The number of anilines is 3. The number of piperazine rings is 1. The third-order valence-corrected chi connectivity index (χ3v) is 4.64. The van der Waals surface area contributed by atoms with Crippen LogP contribution in [0.25, 0.3) is 0 Å². The quantitative estimate of drug-likeness (QED) is 0.859. The molecule has 1 aliphatic rings. The van der Waals surface area contributed by atoms with Gasteiger partial charge in [-0.25, -0.2) is 0 Å². The summed E-state index contributed by atoms with van der Waals surface area (Å²) in [5, 5.41) is 2.67. The molecule has 1 N–H and O–H groups in total. The van der Waals surface area contributed by atoms with Crippen LogP contribution >= 0.6 is 0 Å². The first kappa shape index (κ1) is 17.9. The SMILES string of the molecule is CN1CCN(c2ccc(NC(=O)C(=O)N(C)c3ccccc3)cc2)CC1. The molecule has 0 bridgehead atoms. The smallest absolute Gasteiger partial charge is 0.316 e. The summed E-state index contributed by atoms with van der Waals surface area (Å²) < 4.78 is 0. The van der Waals surface area contributed by atoms with Crippen molar-refractivity contribution in [3.05, 3.63) is 54.6 Å². The minimum Gasteiger partial charge on any atom is -0.369 e. The Hall–Kier alpha value is -2.86. The molecule has 0 saturated carbocycles. The minimum absolute atomic E-state index is 0.598. The predicted octanol–water partition coefficient (Wildman–Crippen LogP) is 2.04. The van der Waals surface area contributed by atoms with Crippen molar-refractivity contribution in [2.75, 3.05) is 55.4 Å². The van der Waals surface area contributed by atoms with Crippen molar-refractivity contribution < 1.29 is 9.59 Å². The van der Waals surface area contributed by atoms with Crippen molar-refractivity contribution in [3.63, 3.8) is 0 Å². The minimum atomic E-state index is -0.649. The lowest BCUT2D eigenvalue weighted by Crippen LogP contribution is -2.44. The molecule has 1 aliphatic heterocycles. The molecule has 2 aromatic rings. The van der Waals surface area contributed by atoms with E-state index >= 15 is 0 Å². The van der Waals surface area contributed by atoms with Crippen LogP contribution < -0.4 is 15.1 Å². The zero-order chi connectivity index (χ0) is 18.5. The van der Waals surface area contributed by atoms with E-state index < -0.39 is 11.8 Å². The molecule has 2 amide bonds. The molecule has 0 unspecified atom stereocenters.